The molecule has 0 saturated carbocycles. The van der Waals surface area contributed by atoms with Crippen LogP contribution >= 0.6 is 35.3 Å². The van der Waals surface area contributed by atoms with Crippen LogP contribution < -0.4 is 10.6 Å². The monoisotopic (exact) mass is 542 g/mol. The Balaban J connectivity index is 0.00000320. The number of hydrogen-bond acceptors (Lipinski definition) is 5. The van der Waals surface area contributed by atoms with Gasteiger partial charge in [-0.1, -0.05) is 31.2 Å². The highest BCUT2D eigenvalue weighted by Gasteiger charge is 2.15. The maximum Gasteiger partial charge on any atom is 0.191 e. The third-order valence-corrected chi connectivity index (χ3v) is 6.30. The van der Waals surface area contributed by atoms with Crippen LogP contribution in [0.15, 0.2) is 35.5 Å². The summed E-state index contributed by atoms with van der Waals surface area (Å²) in [5, 5.41) is 7.93. The molecule has 2 heterocycles. The number of piperazine rings is 1. The Morgan fingerprint density at radius 2 is 1.73 bits per heavy atom. The summed E-state index contributed by atoms with van der Waals surface area (Å²) in [5.41, 5.74) is 2.66. The first kappa shape index (κ1) is 25.0. The normalized spacial score (nSPS) is 15.6. The molecule has 1 aromatic heterocycles. The quantitative estimate of drug-likeness (QED) is 0.305. The van der Waals surface area contributed by atoms with Crippen LogP contribution in [0.4, 0.5) is 0 Å². The van der Waals surface area contributed by atoms with Crippen molar-refractivity contribution in [1.82, 2.24) is 25.4 Å². The largest absolute Gasteiger partial charge is 0.356 e. The van der Waals surface area contributed by atoms with Gasteiger partial charge in [-0.3, -0.25) is 9.89 Å². The van der Waals surface area contributed by atoms with Gasteiger partial charge in [-0.25, -0.2) is 4.98 Å². The fraction of sp³-hybridized carbons (Fsp3) is 0.545. The molecule has 1 fully saturated rings. The molecule has 0 unspecified atom stereocenters. The molecule has 0 aliphatic carbocycles. The Labute approximate surface area is 202 Å². The van der Waals surface area contributed by atoms with Gasteiger partial charge in [-0.15, -0.1) is 35.3 Å². The molecule has 1 aromatic carbocycles. The standard InChI is InChI=1S/C22H34N6S.HI/c1-4-27-11-13-28(14-12-27)17-20-7-5-19(6-8-20)16-26-22(23-3)24-10-9-21-25-15-18(2)29-21;/h5-8,15H,4,9-14,16-17H2,1-3H3,(H2,23,24,26);1H. The number of halogens is 1. The third kappa shape index (κ3) is 8.13. The first-order valence-electron chi connectivity index (χ1n) is 10.5. The average molecular weight is 543 g/mol. The fourth-order valence-corrected chi connectivity index (χ4v) is 4.28. The zero-order chi connectivity index (χ0) is 20.5. The fourth-order valence-electron chi connectivity index (χ4n) is 3.50. The van der Waals surface area contributed by atoms with Crippen molar-refractivity contribution < 1.29 is 0 Å². The number of aromatic nitrogens is 1. The molecule has 3 rings (SSSR count). The van der Waals surface area contributed by atoms with Gasteiger partial charge >= 0.3 is 0 Å². The lowest BCUT2D eigenvalue weighted by atomic mass is 10.1. The van der Waals surface area contributed by atoms with Crippen molar-refractivity contribution >= 4 is 41.3 Å². The molecule has 2 N–H and O–H groups in total. The van der Waals surface area contributed by atoms with Crippen molar-refractivity contribution in [3.63, 3.8) is 0 Å². The van der Waals surface area contributed by atoms with Gasteiger partial charge < -0.3 is 15.5 Å². The van der Waals surface area contributed by atoms with Crippen LogP contribution in [0.3, 0.4) is 0 Å². The predicted octanol–water partition coefficient (Wildman–Crippen LogP) is 3.11. The summed E-state index contributed by atoms with van der Waals surface area (Å²) in [4.78, 5) is 15.0. The van der Waals surface area contributed by atoms with E-state index in [1.165, 1.54) is 42.2 Å². The lowest BCUT2D eigenvalue weighted by molar-refractivity contribution is 0.132. The summed E-state index contributed by atoms with van der Waals surface area (Å²) in [6.07, 6.45) is 2.85. The van der Waals surface area contributed by atoms with E-state index < -0.39 is 0 Å². The molecular formula is C22H35IN6S. The van der Waals surface area contributed by atoms with Crippen LogP contribution in [0, 0.1) is 6.92 Å². The zero-order valence-corrected chi connectivity index (χ0v) is 21.5. The Morgan fingerprint density at radius 1 is 1.07 bits per heavy atom. The number of thiazole rings is 1. The SMILES string of the molecule is CCN1CCN(Cc2ccc(CNC(=NC)NCCc3ncc(C)s3)cc2)CC1.I. The Morgan fingerprint density at radius 3 is 2.33 bits per heavy atom. The van der Waals surface area contributed by atoms with Crippen LogP contribution in [0.2, 0.25) is 0 Å². The number of benzene rings is 1. The average Bonchev–Trinajstić information content (AvgIpc) is 3.17. The van der Waals surface area contributed by atoms with Crippen molar-refractivity contribution in [1.29, 1.82) is 0 Å². The molecule has 1 saturated heterocycles. The highest BCUT2D eigenvalue weighted by Crippen LogP contribution is 2.11. The van der Waals surface area contributed by atoms with Gasteiger partial charge in [0.25, 0.3) is 0 Å². The Bertz CT molecular complexity index is 768. The van der Waals surface area contributed by atoms with Crippen LogP contribution in [0.5, 0.6) is 0 Å². The van der Waals surface area contributed by atoms with E-state index in [1.807, 2.05) is 13.2 Å². The van der Waals surface area contributed by atoms with E-state index in [0.29, 0.717) is 0 Å². The van der Waals surface area contributed by atoms with Crippen LogP contribution in [-0.4, -0.2) is 67.1 Å². The van der Waals surface area contributed by atoms with Crippen molar-refractivity contribution in [2.75, 3.05) is 46.3 Å². The number of nitrogens with zero attached hydrogens (tertiary/aromatic N) is 4. The van der Waals surface area contributed by atoms with Gasteiger partial charge in [-0.2, -0.15) is 0 Å². The van der Waals surface area contributed by atoms with E-state index in [4.69, 9.17) is 0 Å². The van der Waals surface area contributed by atoms with Crippen molar-refractivity contribution in [2.45, 2.75) is 33.4 Å². The van der Waals surface area contributed by atoms with Gasteiger partial charge in [0.2, 0.25) is 0 Å². The van der Waals surface area contributed by atoms with E-state index in [2.05, 4.69) is 68.5 Å². The van der Waals surface area contributed by atoms with Gasteiger partial charge in [0.15, 0.2) is 5.96 Å². The number of rotatable bonds is 8. The first-order valence-corrected chi connectivity index (χ1v) is 11.4. The van der Waals surface area contributed by atoms with E-state index >= 15 is 0 Å². The minimum absolute atomic E-state index is 0. The molecule has 30 heavy (non-hydrogen) atoms. The maximum absolute atomic E-state index is 4.40. The van der Waals surface area contributed by atoms with Gasteiger partial charge in [0, 0.05) is 70.4 Å². The highest BCUT2D eigenvalue weighted by atomic mass is 127. The molecule has 8 heteroatoms. The second kappa shape index (κ2) is 13.2. The van der Waals surface area contributed by atoms with Crippen LogP contribution in [0.1, 0.15) is 27.9 Å². The van der Waals surface area contributed by atoms with Crippen molar-refractivity contribution in [2.24, 2.45) is 4.99 Å². The molecule has 0 spiro atoms. The third-order valence-electron chi connectivity index (χ3n) is 5.33. The zero-order valence-electron chi connectivity index (χ0n) is 18.4. The van der Waals surface area contributed by atoms with E-state index in [1.54, 1.807) is 11.3 Å². The number of aliphatic imine (C=N–C) groups is 1. The van der Waals surface area contributed by atoms with Crippen molar-refractivity contribution in [3.05, 3.63) is 51.5 Å². The molecule has 0 atom stereocenters. The summed E-state index contributed by atoms with van der Waals surface area (Å²) in [5.74, 6) is 0.830. The minimum Gasteiger partial charge on any atom is -0.356 e. The number of guanidine groups is 1. The molecule has 0 bridgehead atoms. The lowest BCUT2D eigenvalue weighted by Crippen LogP contribution is -2.45. The smallest absolute Gasteiger partial charge is 0.191 e. The molecule has 0 radical (unpaired) electrons. The lowest BCUT2D eigenvalue weighted by Gasteiger charge is -2.34. The number of likely N-dealkylation sites (N-methyl/N-ethyl adjacent to an activating group) is 1. The molecule has 2 aromatic rings. The number of hydrogen-bond donors (Lipinski definition) is 2. The van der Waals surface area contributed by atoms with Gasteiger partial charge in [0.1, 0.15) is 0 Å². The molecular weight excluding hydrogens is 507 g/mol. The maximum atomic E-state index is 4.40. The summed E-state index contributed by atoms with van der Waals surface area (Å²) in [7, 11) is 1.81. The van der Waals surface area contributed by atoms with Crippen LogP contribution in [0.25, 0.3) is 0 Å². The Kier molecular flexibility index (Phi) is 11.0. The van der Waals surface area contributed by atoms with Gasteiger partial charge in [0.05, 0.1) is 5.01 Å². The molecule has 0 amide bonds. The summed E-state index contributed by atoms with van der Waals surface area (Å²) in [6, 6.07) is 8.95. The molecule has 1 aliphatic rings. The van der Waals surface area contributed by atoms with Gasteiger partial charge in [-0.05, 0) is 24.6 Å². The minimum atomic E-state index is 0. The topological polar surface area (TPSA) is 55.8 Å². The van der Waals surface area contributed by atoms with Crippen LogP contribution in [-0.2, 0) is 19.5 Å². The summed E-state index contributed by atoms with van der Waals surface area (Å²) >= 11 is 1.75. The Hall–Kier alpha value is -1.23. The molecule has 6 nitrogen and oxygen atoms in total. The first-order chi connectivity index (χ1) is 14.2. The summed E-state index contributed by atoms with van der Waals surface area (Å²) < 4.78 is 0. The molecule has 1 aliphatic heterocycles. The number of nitrogens with one attached hydrogen (secondary N) is 2. The predicted molar refractivity (Wildman–Crippen MR) is 138 cm³/mol. The highest BCUT2D eigenvalue weighted by molar-refractivity contribution is 14.0. The van der Waals surface area contributed by atoms with Crippen molar-refractivity contribution in [3.8, 4) is 0 Å². The number of aryl methyl sites for hydroxylation is 1. The van der Waals surface area contributed by atoms with E-state index in [0.717, 1.165) is 43.6 Å². The van der Waals surface area contributed by atoms with E-state index in [9.17, 15) is 0 Å². The van der Waals surface area contributed by atoms with E-state index in [-0.39, 0.29) is 24.0 Å². The second-order valence-electron chi connectivity index (χ2n) is 7.49. The molecule has 166 valence electrons. The second-order valence-corrected chi connectivity index (χ2v) is 8.81. The summed E-state index contributed by atoms with van der Waals surface area (Å²) in [6.45, 7) is 12.9.